The first-order valence-corrected chi connectivity index (χ1v) is 8.29. The van der Waals surface area contributed by atoms with E-state index in [2.05, 4.69) is 11.8 Å². The van der Waals surface area contributed by atoms with Gasteiger partial charge in [0, 0.05) is 42.6 Å². The maximum Gasteiger partial charge on any atom is 0.165 e. The Morgan fingerprint density at radius 2 is 2.26 bits per heavy atom. The summed E-state index contributed by atoms with van der Waals surface area (Å²) in [4.78, 5) is 14.6. The van der Waals surface area contributed by atoms with E-state index in [1.807, 2.05) is 11.8 Å². The van der Waals surface area contributed by atoms with E-state index in [1.54, 1.807) is 18.2 Å². The fourth-order valence-electron chi connectivity index (χ4n) is 2.19. The highest BCUT2D eigenvalue weighted by molar-refractivity contribution is 7.99. The van der Waals surface area contributed by atoms with Crippen LogP contribution in [0.15, 0.2) is 18.2 Å². The van der Waals surface area contributed by atoms with Crippen LogP contribution in [0.3, 0.4) is 0 Å². The van der Waals surface area contributed by atoms with Crippen molar-refractivity contribution in [1.29, 1.82) is 0 Å². The Balaban J connectivity index is 1.95. The lowest BCUT2D eigenvalue weighted by Gasteiger charge is -2.32. The minimum Gasteiger partial charge on any atom is -0.299 e. The molecule has 1 heterocycles. The van der Waals surface area contributed by atoms with Crippen LogP contribution < -0.4 is 0 Å². The molecule has 0 N–H and O–H groups in total. The van der Waals surface area contributed by atoms with E-state index in [-0.39, 0.29) is 5.78 Å². The molecule has 2 nitrogen and oxygen atoms in total. The van der Waals surface area contributed by atoms with E-state index in [1.165, 1.54) is 0 Å². The zero-order valence-corrected chi connectivity index (χ0v) is 13.2. The first kappa shape index (κ1) is 15.2. The van der Waals surface area contributed by atoms with Crippen molar-refractivity contribution < 1.29 is 4.79 Å². The average molecular weight is 318 g/mol. The summed E-state index contributed by atoms with van der Waals surface area (Å²) in [5.74, 6) is 2.36. The van der Waals surface area contributed by atoms with E-state index in [4.69, 9.17) is 23.2 Å². The number of benzene rings is 1. The van der Waals surface area contributed by atoms with Gasteiger partial charge in [-0.25, -0.2) is 0 Å². The molecule has 1 aromatic carbocycles. The third kappa shape index (κ3) is 3.88. The normalized spacial score (nSPS) is 20.5. The van der Waals surface area contributed by atoms with Gasteiger partial charge >= 0.3 is 0 Å². The van der Waals surface area contributed by atoms with Gasteiger partial charge in [-0.05, 0) is 19.1 Å². The molecule has 1 atom stereocenters. The van der Waals surface area contributed by atoms with Crippen LogP contribution in [0.5, 0.6) is 0 Å². The average Bonchev–Trinajstić information content (AvgIpc) is 2.40. The molecule has 0 saturated carbocycles. The fraction of sp³-hybridized carbons (Fsp3) is 0.500. The summed E-state index contributed by atoms with van der Waals surface area (Å²) < 4.78 is 0. The van der Waals surface area contributed by atoms with Crippen LogP contribution in [0.25, 0.3) is 0 Å². The van der Waals surface area contributed by atoms with E-state index in [0.717, 1.165) is 24.6 Å². The highest BCUT2D eigenvalue weighted by Gasteiger charge is 2.20. The second-order valence-corrected chi connectivity index (χ2v) is 6.67. The number of thioether (sulfide) groups is 1. The molecule has 5 heteroatoms. The predicted molar refractivity (Wildman–Crippen MR) is 83.8 cm³/mol. The molecule has 0 spiro atoms. The van der Waals surface area contributed by atoms with Crippen molar-refractivity contribution >= 4 is 40.7 Å². The molecule has 0 bridgehead atoms. The number of Topliss-reactive ketones (excluding diaryl/α,β-unsaturated/α-hetero) is 1. The maximum absolute atomic E-state index is 12.2. The van der Waals surface area contributed by atoms with Crippen LogP contribution in [0.2, 0.25) is 10.0 Å². The molecule has 1 saturated heterocycles. The van der Waals surface area contributed by atoms with Crippen LogP contribution in [-0.2, 0) is 0 Å². The lowest BCUT2D eigenvalue weighted by Crippen LogP contribution is -2.41. The number of rotatable bonds is 4. The molecule has 104 valence electrons. The molecule has 2 rings (SSSR count). The number of hydrogen-bond donors (Lipinski definition) is 0. The smallest absolute Gasteiger partial charge is 0.165 e. The first-order chi connectivity index (χ1) is 9.09. The van der Waals surface area contributed by atoms with Crippen molar-refractivity contribution in [2.75, 3.05) is 24.6 Å². The topological polar surface area (TPSA) is 20.3 Å². The third-order valence-electron chi connectivity index (χ3n) is 3.38. The number of nitrogens with zero attached hydrogens (tertiary/aromatic N) is 1. The van der Waals surface area contributed by atoms with Crippen LogP contribution in [-0.4, -0.2) is 41.3 Å². The van der Waals surface area contributed by atoms with E-state index in [9.17, 15) is 4.79 Å². The van der Waals surface area contributed by atoms with Crippen molar-refractivity contribution in [2.24, 2.45) is 0 Å². The summed E-state index contributed by atoms with van der Waals surface area (Å²) in [5.41, 5.74) is 0.535. The number of hydrogen-bond acceptors (Lipinski definition) is 3. The fourth-order valence-corrected chi connectivity index (χ4v) is 3.68. The van der Waals surface area contributed by atoms with Gasteiger partial charge in [-0.15, -0.1) is 0 Å². The minimum absolute atomic E-state index is 0.0675. The summed E-state index contributed by atoms with van der Waals surface area (Å²) in [6.45, 7) is 4.06. The van der Waals surface area contributed by atoms with Gasteiger partial charge in [0.1, 0.15) is 0 Å². The molecule has 0 aliphatic carbocycles. The molecule has 1 unspecified atom stereocenters. The van der Waals surface area contributed by atoms with Crippen LogP contribution in [0.4, 0.5) is 0 Å². The molecule has 1 aliphatic heterocycles. The molecule has 0 radical (unpaired) electrons. The molecule has 0 aromatic heterocycles. The Morgan fingerprint density at radius 3 is 3.00 bits per heavy atom. The van der Waals surface area contributed by atoms with Gasteiger partial charge in [-0.3, -0.25) is 9.69 Å². The van der Waals surface area contributed by atoms with Gasteiger partial charge in [-0.2, -0.15) is 11.8 Å². The summed E-state index contributed by atoms with van der Waals surface area (Å²) in [5, 5.41) is 0.812. The summed E-state index contributed by atoms with van der Waals surface area (Å²) in [6.07, 6.45) is 0.495. The Labute approximate surface area is 128 Å². The van der Waals surface area contributed by atoms with Crippen LogP contribution in [0.1, 0.15) is 23.7 Å². The summed E-state index contributed by atoms with van der Waals surface area (Å²) >= 11 is 14.0. The maximum atomic E-state index is 12.2. The first-order valence-electron chi connectivity index (χ1n) is 6.38. The Hall–Kier alpha value is -0.220. The number of halogens is 2. The van der Waals surface area contributed by atoms with Crippen molar-refractivity contribution in [3.63, 3.8) is 0 Å². The van der Waals surface area contributed by atoms with Gasteiger partial charge < -0.3 is 0 Å². The molecular formula is C14H17Cl2NOS. The monoisotopic (exact) mass is 317 g/mol. The molecule has 1 fully saturated rings. The summed E-state index contributed by atoms with van der Waals surface area (Å²) in [7, 11) is 0. The van der Waals surface area contributed by atoms with Gasteiger partial charge in [0.05, 0.1) is 10.0 Å². The van der Waals surface area contributed by atoms with Crippen molar-refractivity contribution in [2.45, 2.75) is 19.4 Å². The van der Waals surface area contributed by atoms with E-state index >= 15 is 0 Å². The number of ketones is 1. The molecule has 19 heavy (non-hydrogen) atoms. The van der Waals surface area contributed by atoms with Crippen molar-refractivity contribution in [1.82, 2.24) is 4.90 Å². The Bertz CT molecular complexity index is 467. The molecule has 1 aliphatic rings. The van der Waals surface area contributed by atoms with Gasteiger partial charge in [0.25, 0.3) is 0 Å². The number of carbonyl (C=O) groups is 1. The quantitative estimate of drug-likeness (QED) is 0.783. The lowest BCUT2D eigenvalue weighted by atomic mass is 10.1. The second kappa shape index (κ2) is 6.98. The van der Waals surface area contributed by atoms with Crippen LogP contribution >= 0.6 is 35.0 Å². The molecule has 1 aromatic rings. The van der Waals surface area contributed by atoms with Crippen molar-refractivity contribution in [3.8, 4) is 0 Å². The van der Waals surface area contributed by atoms with Crippen molar-refractivity contribution in [3.05, 3.63) is 33.8 Å². The van der Waals surface area contributed by atoms with E-state index in [0.29, 0.717) is 28.1 Å². The van der Waals surface area contributed by atoms with Gasteiger partial charge in [-0.1, -0.05) is 29.3 Å². The largest absolute Gasteiger partial charge is 0.299 e. The zero-order valence-electron chi connectivity index (χ0n) is 10.9. The highest BCUT2D eigenvalue weighted by Crippen LogP contribution is 2.26. The Morgan fingerprint density at radius 1 is 1.47 bits per heavy atom. The summed E-state index contributed by atoms with van der Waals surface area (Å²) in [6, 6.07) is 5.75. The zero-order chi connectivity index (χ0) is 13.8. The molecule has 0 amide bonds. The van der Waals surface area contributed by atoms with Gasteiger partial charge in [0.2, 0.25) is 0 Å². The SMILES string of the molecule is CC1CSCCN1CCC(=O)c1cccc(Cl)c1Cl. The Kier molecular flexibility index (Phi) is 5.58. The third-order valence-corrected chi connectivity index (χ3v) is 5.39. The van der Waals surface area contributed by atoms with Gasteiger partial charge in [0.15, 0.2) is 5.78 Å². The van der Waals surface area contributed by atoms with Crippen LogP contribution in [0, 0.1) is 0 Å². The minimum atomic E-state index is 0.0675. The highest BCUT2D eigenvalue weighted by atomic mass is 35.5. The number of carbonyl (C=O) groups excluding carboxylic acids is 1. The molecular weight excluding hydrogens is 301 g/mol. The standard InChI is InChI=1S/C14H17Cl2NOS/c1-10-9-19-8-7-17(10)6-5-13(18)11-3-2-4-12(15)14(11)16/h2-4,10H,5-9H2,1H3. The predicted octanol–water partition coefficient (Wildman–Crippen LogP) is 4.00. The lowest BCUT2D eigenvalue weighted by molar-refractivity contribution is 0.0958. The second-order valence-electron chi connectivity index (χ2n) is 4.73. The van der Waals surface area contributed by atoms with E-state index < -0.39 is 0 Å².